The summed E-state index contributed by atoms with van der Waals surface area (Å²) >= 11 is 0. The highest BCUT2D eigenvalue weighted by molar-refractivity contribution is 5.65. The molecule has 2 N–H and O–H groups in total. The molecule has 0 spiro atoms. The molecule has 0 aliphatic carbocycles. The number of nitro benzene ring substituents is 1. The maximum absolute atomic E-state index is 10.9. The van der Waals surface area contributed by atoms with Crippen molar-refractivity contribution in [2.75, 3.05) is 14.2 Å². The first-order valence-corrected chi connectivity index (χ1v) is 4.81. The third-order valence-electron chi connectivity index (χ3n) is 2.18. The Balaban J connectivity index is 3.28. The van der Waals surface area contributed by atoms with Crippen molar-refractivity contribution in [1.29, 1.82) is 0 Å². The number of carbonyl (C=O) groups is 1. The van der Waals surface area contributed by atoms with Gasteiger partial charge >= 0.3 is 6.09 Å². The van der Waals surface area contributed by atoms with Crippen molar-refractivity contribution in [3.05, 3.63) is 27.8 Å². The second-order valence-electron chi connectivity index (χ2n) is 3.16. The summed E-state index contributed by atoms with van der Waals surface area (Å²) in [5.74, 6) is 0.430. The molecule has 0 atom stereocenters. The fraction of sp³-hybridized carbons (Fsp3) is 0.300. The number of amides is 1. The van der Waals surface area contributed by atoms with Crippen LogP contribution in [0.25, 0.3) is 0 Å². The summed E-state index contributed by atoms with van der Waals surface area (Å²) in [5, 5.41) is 10.9. The molecule has 98 valence electrons. The summed E-state index contributed by atoms with van der Waals surface area (Å²) in [6.45, 7) is -0.369. The van der Waals surface area contributed by atoms with Crippen LogP contribution in [-0.4, -0.2) is 25.2 Å². The summed E-state index contributed by atoms with van der Waals surface area (Å²) in [7, 11) is 2.72. The molecule has 0 radical (unpaired) electrons. The van der Waals surface area contributed by atoms with Gasteiger partial charge in [0.2, 0.25) is 0 Å². The van der Waals surface area contributed by atoms with Crippen molar-refractivity contribution in [1.82, 2.24) is 0 Å². The molecule has 0 heterocycles. The lowest BCUT2D eigenvalue weighted by atomic mass is 10.1. The number of nitrogens with two attached hydrogens (primary N) is 1. The summed E-state index contributed by atoms with van der Waals surface area (Å²) < 4.78 is 14.6. The highest BCUT2D eigenvalue weighted by Gasteiger charge is 2.23. The lowest BCUT2D eigenvalue weighted by Crippen LogP contribution is -2.14. The topological polar surface area (TPSA) is 114 Å². The molecule has 0 saturated heterocycles. The number of ether oxygens (including phenoxy) is 3. The van der Waals surface area contributed by atoms with E-state index in [4.69, 9.17) is 15.2 Å². The lowest BCUT2D eigenvalue weighted by molar-refractivity contribution is -0.385. The normalized spacial score (nSPS) is 9.67. The van der Waals surface area contributed by atoms with Gasteiger partial charge in [0.1, 0.15) is 12.2 Å². The van der Waals surface area contributed by atoms with Crippen molar-refractivity contribution in [2.45, 2.75) is 6.61 Å². The second kappa shape index (κ2) is 5.71. The molecule has 0 aliphatic heterocycles. The van der Waals surface area contributed by atoms with Crippen LogP contribution in [0.4, 0.5) is 10.5 Å². The van der Waals surface area contributed by atoms with Gasteiger partial charge in [0.15, 0.2) is 11.5 Å². The summed E-state index contributed by atoms with van der Waals surface area (Å²) in [6, 6.07) is 2.63. The fourth-order valence-electron chi connectivity index (χ4n) is 1.43. The van der Waals surface area contributed by atoms with Gasteiger partial charge in [-0.3, -0.25) is 10.1 Å². The van der Waals surface area contributed by atoms with Crippen molar-refractivity contribution < 1.29 is 23.9 Å². The van der Waals surface area contributed by atoms with E-state index in [9.17, 15) is 14.9 Å². The van der Waals surface area contributed by atoms with Crippen LogP contribution < -0.4 is 15.2 Å². The van der Waals surface area contributed by atoms with E-state index in [1.807, 2.05) is 0 Å². The van der Waals surface area contributed by atoms with Gasteiger partial charge in [-0.05, 0) is 6.07 Å². The Labute approximate surface area is 102 Å². The van der Waals surface area contributed by atoms with E-state index in [0.717, 1.165) is 0 Å². The zero-order chi connectivity index (χ0) is 13.7. The Morgan fingerprint density at radius 1 is 1.39 bits per heavy atom. The average Bonchev–Trinajstić information content (AvgIpc) is 2.34. The average molecular weight is 256 g/mol. The third-order valence-corrected chi connectivity index (χ3v) is 2.18. The van der Waals surface area contributed by atoms with Crippen LogP contribution in [0.1, 0.15) is 5.56 Å². The molecule has 0 bridgehead atoms. The van der Waals surface area contributed by atoms with Gasteiger partial charge < -0.3 is 19.9 Å². The summed E-state index contributed by atoms with van der Waals surface area (Å²) in [5.41, 5.74) is 4.67. The quantitative estimate of drug-likeness (QED) is 0.625. The van der Waals surface area contributed by atoms with Crippen LogP contribution in [0.2, 0.25) is 0 Å². The van der Waals surface area contributed by atoms with E-state index < -0.39 is 11.0 Å². The number of primary amides is 1. The molecule has 1 amide bonds. The number of benzene rings is 1. The zero-order valence-corrected chi connectivity index (χ0v) is 9.84. The largest absolute Gasteiger partial charge is 0.493 e. The number of nitro groups is 1. The van der Waals surface area contributed by atoms with Crippen molar-refractivity contribution in [2.24, 2.45) is 5.73 Å². The van der Waals surface area contributed by atoms with Gasteiger partial charge in [-0.15, -0.1) is 0 Å². The monoisotopic (exact) mass is 256 g/mol. The molecular weight excluding hydrogens is 244 g/mol. The predicted octanol–water partition coefficient (Wildman–Crippen LogP) is 1.21. The number of carbonyl (C=O) groups excluding carboxylic acids is 1. The highest BCUT2D eigenvalue weighted by atomic mass is 16.6. The van der Waals surface area contributed by atoms with Crippen LogP contribution in [0.15, 0.2) is 12.1 Å². The molecule has 18 heavy (non-hydrogen) atoms. The molecule has 1 aromatic rings. The number of rotatable bonds is 5. The Bertz CT molecular complexity index is 474. The second-order valence-corrected chi connectivity index (χ2v) is 3.16. The van der Waals surface area contributed by atoms with Gasteiger partial charge in [-0.1, -0.05) is 0 Å². The minimum Gasteiger partial charge on any atom is -0.493 e. The molecule has 1 aromatic carbocycles. The van der Waals surface area contributed by atoms with Gasteiger partial charge in [-0.2, -0.15) is 0 Å². The van der Waals surface area contributed by atoms with E-state index in [1.165, 1.54) is 26.4 Å². The number of hydrogen-bond donors (Lipinski definition) is 1. The predicted molar refractivity (Wildman–Crippen MR) is 60.6 cm³/mol. The van der Waals surface area contributed by atoms with Crippen LogP contribution >= 0.6 is 0 Å². The standard InChI is InChI=1S/C10H12N2O6/c1-16-8-4-3-7(12(14)15)6(9(8)17-2)5-18-10(11)13/h3-4H,5H2,1-2H3,(H2,11,13). The van der Waals surface area contributed by atoms with E-state index in [-0.39, 0.29) is 23.6 Å². The molecule has 1 rings (SSSR count). The van der Waals surface area contributed by atoms with Crippen LogP contribution in [-0.2, 0) is 11.3 Å². The first-order valence-electron chi connectivity index (χ1n) is 4.81. The Morgan fingerprint density at radius 3 is 2.50 bits per heavy atom. The van der Waals surface area contributed by atoms with Crippen LogP contribution in [0.5, 0.6) is 11.5 Å². The first-order chi connectivity index (χ1) is 8.51. The lowest BCUT2D eigenvalue weighted by Gasteiger charge is -2.12. The first kappa shape index (κ1) is 13.6. The third kappa shape index (κ3) is 2.78. The van der Waals surface area contributed by atoms with Gasteiger partial charge in [0.25, 0.3) is 5.69 Å². The molecular formula is C10H12N2O6. The molecule has 8 nitrogen and oxygen atoms in total. The van der Waals surface area contributed by atoms with E-state index >= 15 is 0 Å². The molecule has 0 saturated carbocycles. The molecule has 0 unspecified atom stereocenters. The van der Waals surface area contributed by atoms with Crippen molar-refractivity contribution >= 4 is 11.8 Å². The van der Waals surface area contributed by atoms with Gasteiger partial charge in [0, 0.05) is 6.07 Å². The zero-order valence-electron chi connectivity index (χ0n) is 9.84. The summed E-state index contributed by atoms with van der Waals surface area (Å²) in [6.07, 6.45) is -1.03. The fourth-order valence-corrected chi connectivity index (χ4v) is 1.43. The van der Waals surface area contributed by atoms with Crippen LogP contribution in [0.3, 0.4) is 0 Å². The SMILES string of the molecule is COc1ccc([N+](=O)[O-])c(COC(N)=O)c1OC. The number of methoxy groups -OCH3 is 2. The van der Waals surface area contributed by atoms with Crippen molar-refractivity contribution in [3.8, 4) is 11.5 Å². The van der Waals surface area contributed by atoms with E-state index in [0.29, 0.717) is 5.75 Å². The Kier molecular flexibility index (Phi) is 4.30. The molecule has 0 aromatic heterocycles. The minimum absolute atomic E-state index is 0.0839. The van der Waals surface area contributed by atoms with E-state index in [1.54, 1.807) is 0 Å². The maximum Gasteiger partial charge on any atom is 0.404 e. The Morgan fingerprint density at radius 2 is 2.06 bits per heavy atom. The highest BCUT2D eigenvalue weighted by Crippen LogP contribution is 2.37. The molecule has 0 aliphatic rings. The van der Waals surface area contributed by atoms with Gasteiger partial charge in [0.05, 0.1) is 19.1 Å². The number of nitrogens with zero attached hydrogens (tertiary/aromatic N) is 1. The summed E-state index contributed by atoms with van der Waals surface area (Å²) in [4.78, 5) is 20.8. The van der Waals surface area contributed by atoms with Crippen molar-refractivity contribution in [3.63, 3.8) is 0 Å². The molecule has 0 fully saturated rings. The minimum atomic E-state index is -1.03. The maximum atomic E-state index is 10.9. The smallest absolute Gasteiger partial charge is 0.404 e. The molecule has 8 heteroatoms. The van der Waals surface area contributed by atoms with Gasteiger partial charge in [-0.25, -0.2) is 4.79 Å². The van der Waals surface area contributed by atoms with Crippen LogP contribution in [0, 0.1) is 10.1 Å². The number of hydrogen-bond acceptors (Lipinski definition) is 6. The Hall–Kier alpha value is -2.51. The van der Waals surface area contributed by atoms with E-state index in [2.05, 4.69) is 4.74 Å².